The third kappa shape index (κ3) is 3.48. The highest BCUT2D eigenvalue weighted by molar-refractivity contribution is 6.01. The van der Waals surface area contributed by atoms with E-state index in [1.165, 1.54) is 0 Å². The van der Waals surface area contributed by atoms with Gasteiger partial charge in [-0.15, -0.1) is 0 Å². The highest BCUT2D eigenvalue weighted by Gasteiger charge is 2.31. The number of nitrogen functional groups attached to an aromatic ring is 1. The molecule has 108 valence electrons. The average molecular weight is 277 g/mol. The fourth-order valence-corrected chi connectivity index (χ4v) is 2.28. The van der Waals surface area contributed by atoms with Crippen molar-refractivity contribution in [2.24, 2.45) is 0 Å². The van der Waals surface area contributed by atoms with Gasteiger partial charge in [0, 0.05) is 18.3 Å². The fraction of sp³-hybridized carbons (Fsp3) is 0.429. The van der Waals surface area contributed by atoms with E-state index in [2.05, 4.69) is 5.32 Å². The predicted octanol–water partition coefficient (Wildman–Crippen LogP) is 0.385. The van der Waals surface area contributed by atoms with E-state index >= 15 is 0 Å². The topological polar surface area (TPSA) is 84.7 Å². The van der Waals surface area contributed by atoms with Crippen LogP contribution >= 0.6 is 0 Å². The SMILES string of the molecule is CCC1C(=O)NC(=O)CN1CCOc1cccc(N)c1. The van der Waals surface area contributed by atoms with E-state index in [0.717, 1.165) is 0 Å². The largest absolute Gasteiger partial charge is 0.492 e. The summed E-state index contributed by atoms with van der Waals surface area (Å²) in [5.74, 6) is 0.196. The van der Waals surface area contributed by atoms with E-state index in [1.54, 1.807) is 12.1 Å². The van der Waals surface area contributed by atoms with Crippen molar-refractivity contribution in [1.29, 1.82) is 0 Å². The maximum absolute atomic E-state index is 11.7. The third-order valence-electron chi connectivity index (χ3n) is 3.24. The lowest BCUT2D eigenvalue weighted by Gasteiger charge is -2.33. The average Bonchev–Trinajstić information content (AvgIpc) is 2.38. The first-order valence-corrected chi connectivity index (χ1v) is 6.66. The molecule has 0 aromatic heterocycles. The number of nitrogens with two attached hydrogens (primary N) is 1. The maximum atomic E-state index is 11.7. The molecule has 1 aromatic rings. The lowest BCUT2D eigenvalue weighted by Crippen LogP contribution is -2.58. The minimum atomic E-state index is -0.267. The zero-order chi connectivity index (χ0) is 14.5. The molecule has 0 aliphatic carbocycles. The van der Waals surface area contributed by atoms with Gasteiger partial charge in [-0.25, -0.2) is 0 Å². The van der Waals surface area contributed by atoms with Gasteiger partial charge in [0.05, 0.1) is 12.6 Å². The highest BCUT2D eigenvalue weighted by Crippen LogP contribution is 2.15. The van der Waals surface area contributed by atoms with E-state index in [9.17, 15) is 9.59 Å². The van der Waals surface area contributed by atoms with E-state index in [1.807, 2.05) is 24.0 Å². The number of ether oxygens (including phenoxy) is 1. The molecular weight excluding hydrogens is 258 g/mol. The third-order valence-corrected chi connectivity index (χ3v) is 3.24. The number of hydrogen-bond acceptors (Lipinski definition) is 5. The number of carbonyl (C=O) groups is 2. The number of rotatable bonds is 5. The van der Waals surface area contributed by atoms with Crippen molar-refractivity contribution in [3.05, 3.63) is 24.3 Å². The number of carbonyl (C=O) groups excluding carboxylic acids is 2. The molecule has 0 bridgehead atoms. The number of benzene rings is 1. The van der Waals surface area contributed by atoms with Crippen molar-refractivity contribution >= 4 is 17.5 Å². The number of imide groups is 1. The number of amides is 2. The van der Waals surface area contributed by atoms with Gasteiger partial charge in [0.1, 0.15) is 12.4 Å². The first-order chi connectivity index (χ1) is 9.60. The summed E-state index contributed by atoms with van der Waals surface area (Å²) in [7, 11) is 0. The molecule has 1 saturated heterocycles. The van der Waals surface area contributed by atoms with Gasteiger partial charge < -0.3 is 10.5 Å². The molecule has 0 saturated carbocycles. The van der Waals surface area contributed by atoms with Crippen LogP contribution in [0.4, 0.5) is 5.69 Å². The normalized spacial score (nSPS) is 19.8. The Balaban J connectivity index is 1.88. The van der Waals surface area contributed by atoms with Gasteiger partial charge >= 0.3 is 0 Å². The summed E-state index contributed by atoms with van der Waals surface area (Å²) < 4.78 is 5.59. The second-order valence-corrected chi connectivity index (χ2v) is 4.73. The van der Waals surface area contributed by atoms with Crippen LogP contribution in [-0.4, -0.2) is 42.5 Å². The van der Waals surface area contributed by atoms with Crippen LogP contribution in [0.2, 0.25) is 0 Å². The van der Waals surface area contributed by atoms with Gasteiger partial charge in [-0.3, -0.25) is 19.8 Å². The van der Waals surface area contributed by atoms with Crippen LogP contribution in [0.3, 0.4) is 0 Å². The molecule has 0 spiro atoms. The quantitative estimate of drug-likeness (QED) is 0.600. The lowest BCUT2D eigenvalue weighted by molar-refractivity contribution is -0.140. The van der Waals surface area contributed by atoms with Crippen LogP contribution in [0.15, 0.2) is 24.3 Å². The molecule has 3 N–H and O–H groups in total. The van der Waals surface area contributed by atoms with Crippen molar-refractivity contribution in [2.45, 2.75) is 19.4 Å². The number of nitrogens with zero attached hydrogens (tertiary/aromatic N) is 1. The molecule has 6 nitrogen and oxygen atoms in total. The van der Waals surface area contributed by atoms with Gasteiger partial charge in [0.15, 0.2) is 0 Å². The Morgan fingerprint density at radius 3 is 2.95 bits per heavy atom. The number of nitrogens with one attached hydrogen (secondary N) is 1. The van der Waals surface area contributed by atoms with Crippen molar-refractivity contribution < 1.29 is 14.3 Å². The Hall–Kier alpha value is -2.08. The summed E-state index contributed by atoms with van der Waals surface area (Å²) in [6.45, 7) is 3.07. The van der Waals surface area contributed by atoms with Crippen LogP contribution in [0.25, 0.3) is 0 Å². The van der Waals surface area contributed by atoms with Crippen LogP contribution in [-0.2, 0) is 9.59 Å². The molecule has 6 heteroatoms. The molecule has 1 fully saturated rings. The molecule has 1 atom stereocenters. The van der Waals surface area contributed by atoms with Crippen molar-refractivity contribution in [2.75, 3.05) is 25.4 Å². The Morgan fingerprint density at radius 2 is 2.25 bits per heavy atom. The van der Waals surface area contributed by atoms with Crippen molar-refractivity contribution in [3.8, 4) is 5.75 Å². The number of hydrogen-bond donors (Lipinski definition) is 2. The van der Waals surface area contributed by atoms with Gasteiger partial charge in [-0.05, 0) is 18.6 Å². The Labute approximate surface area is 117 Å². The van der Waals surface area contributed by atoms with Gasteiger partial charge in [-0.1, -0.05) is 13.0 Å². The Bertz CT molecular complexity index is 504. The second-order valence-electron chi connectivity index (χ2n) is 4.73. The summed E-state index contributed by atoms with van der Waals surface area (Å²) in [6.07, 6.45) is 0.664. The van der Waals surface area contributed by atoms with Crippen LogP contribution < -0.4 is 15.8 Å². The summed E-state index contributed by atoms with van der Waals surface area (Å²) in [5.41, 5.74) is 6.31. The predicted molar refractivity (Wildman–Crippen MR) is 75.2 cm³/mol. The van der Waals surface area contributed by atoms with Gasteiger partial charge in [0.2, 0.25) is 11.8 Å². The monoisotopic (exact) mass is 277 g/mol. The highest BCUT2D eigenvalue weighted by atomic mass is 16.5. The van der Waals surface area contributed by atoms with Crippen molar-refractivity contribution in [1.82, 2.24) is 10.2 Å². The number of piperazine rings is 1. The lowest BCUT2D eigenvalue weighted by atomic mass is 10.1. The molecule has 1 aliphatic heterocycles. The summed E-state index contributed by atoms with van der Waals surface area (Å²) >= 11 is 0. The van der Waals surface area contributed by atoms with Crippen LogP contribution in [0, 0.1) is 0 Å². The molecule has 20 heavy (non-hydrogen) atoms. The molecular formula is C14H19N3O3. The summed E-state index contributed by atoms with van der Waals surface area (Å²) in [6, 6.07) is 6.90. The van der Waals surface area contributed by atoms with Crippen molar-refractivity contribution in [3.63, 3.8) is 0 Å². The Morgan fingerprint density at radius 1 is 1.45 bits per heavy atom. The number of anilines is 1. The fourth-order valence-electron chi connectivity index (χ4n) is 2.28. The van der Waals surface area contributed by atoms with E-state index < -0.39 is 0 Å². The molecule has 2 rings (SSSR count). The van der Waals surface area contributed by atoms with Crippen LogP contribution in [0.1, 0.15) is 13.3 Å². The minimum absolute atomic E-state index is 0.227. The van der Waals surface area contributed by atoms with Crippen LogP contribution in [0.5, 0.6) is 5.75 Å². The van der Waals surface area contributed by atoms with E-state index in [0.29, 0.717) is 31.0 Å². The molecule has 1 aromatic carbocycles. The molecule has 2 amide bonds. The zero-order valence-corrected chi connectivity index (χ0v) is 11.5. The van der Waals surface area contributed by atoms with E-state index in [-0.39, 0.29) is 24.4 Å². The maximum Gasteiger partial charge on any atom is 0.243 e. The zero-order valence-electron chi connectivity index (χ0n) is 11.5. The Kier molecular flexibility index (Phi) is 4.57. The summed E-state index contributed by atoms with van der Waals surface area (Å²) in [4.78, 5) is 24.9. The first kappa shape index (κ1) is 14.3. The molecule has 1 unspecified atom stereocenters. The standard InChI is InChI=1S/C14H19N3O3/c1-2-12-14(19)16-13(18)9-17(12)6-7-20-11-5-3-4-10(15)8-11/h3-5,8,12H,2,6-7,9,15H2,1H3,(H,16,18,19). The van der Waals surface area contributed by atoms with E-state index in [4.69, 9.17) is 10.5 Å². The van der Waals surface area contributed by atoms with Gasteiger partial charge in [-0.2, -0.15) is 0 Å². The molecule has 0 radical (unpaired) electrons. The first-order valence-electron chi connectivity index (χ1n) is 6.66. The minimum Gasteiger partial charge on any atom is -0.492 e. The molecule has 1 heterocycles. The van der Waals surface area contributed by atoms with Gasteiger partial charge in [0.25, 0.3) is 0 Å². The second kappa shape index (κ2) is 6.38. The smallest absolute Gasteiger partial charge is 0.243 e. The molecule has 1 aliphatic rings. The summed E-state index contributed by atoms with van der Waals surface area (Å²) in [5, 5.41) is 2.35.